The van der Waals surface area contributed by atoms with Crippen molar-refractivity contribution in [3.63, 3.8) is 0 Å². The molecule has 7 nitrogen and oxygen atoms in total. The van der Waals surface area contributed by atoms with Crippen LogP contribution in [0, 0.1) is 5.41 Å². The Morgan fingerprint density at radius 1 is 1.50 bits per heavy atom. The van der Waals surface area contributed by atoms with Gasteiger partial charge in [-0.15, -0.1) is 11.3 Å². The number of nitrogens with one attached hydrogen (secondary N) is 1. The molecule has 1 saturated heterocycles. The summed E-state index contributed by atoms with van der Waals surface area (Å²) in [6.45, 7) is 2.86. The summed E-state index contributed by atoms with van der Waals surface area (Å²) in [4.78, 5) is 31.5. The first-order valence-corrected chi connectivity index (χ1v) is 9.28. The van der Waals surface area contributed by atoms with Crippen molar-refractivity contribution in [2.24, 2.45) is 11.1 Å². The molecule has 1 aliphatic heterocycles. The van der Waals surface area contributed by atoms with Gasteiger partial charge in [0.05, 0.1) is 6.54 Å². The van der Waals surface area contributed by atoms with Gasteiger partial charge in [0.2, 0.25) is 5.91 Å². The molecule has 1 aromatic rings. The van der Waals surface area contributed by atoms with E-state index in [-0.39, 0.29) is 5.91 Å². The average Bonchev–Trinajstić information content (AvgIpc) is 3.00. The molecule has 1 aliphatic carbocycles. The minimum atomic E-state index is -0.579. The van der Waals surface area contributed by atoms with Gasteiger partial charge in [-0.2, -0.15) is 0 Å². The monoisotopic (exact) mass is 351 g/mol. The van der Waals surface area contributed by atoms with E-state index in [1.54, 1.807) is 11.3 Å². The maximum absolute atomic E-state index is 12.2. The van der Waals surface area contributed by atoms with E-state index in [1.807, 2.05) is 16.5 Å². The lowest BCUT2D eigenvalue weighted by atomic mass is 9.92. The number of thiazole rings is 1. The molecule has 132 valence electrons. The summed E-state index contributed by atoms with van der Waals surface area (Å²) in [6, 6.07) is 0.0275. The summed E-state index contributed by atoms with van der Waals surface area (Å²) in [5, 5.41) is 5.64. The van der Waals surface area contributed by atoms with E-state index in [0.29, 0.717) is 24.4 Å². The van der Waals surface area contributed by atoms with Gasteiger partial charge in [-0.3, -0.25) is 9.69 Å². The predicted molar refractivity (Wildman–Crippen MR) is 92.4 cm³/mol. The number of carbonyl (C=O) groups excluding carboxylic acids is 2. The number of carbonyl (C=O) groups is 2. The summed E-state index contributed by atoms with van der Waals surface area (Å²) in [7, 11) is 2.17. The van der Waals surface area contributed by atoms with Crippen molar-refractivity contribution in [2.45, 2.75) is 38.3 Å². The van der Waals surface area contributed by atoms with Gasteiger partial charge >= 0.3 is 6.03 Å². The van der Waals surface area contributed by atoms with E-state index < -0.39 is 6.03 Å². The Bertz CT molecular complexity index is 583. The Balaban J connectivity index is 1.42. The largest absolute Gasteiger partial charge is 0.352 e. The summed E-state index contributed by atoms with van der Waals surface area (Å²) in [5.74, 6) is 0.104. The van der Waals surface area contributed by atoms with Crippen LogP contribution < -0.4 is 11.1 Å². The second kappa shape index (κ2) is 7.06. The number of primary amides is 1. The van der Waals surface area contributed by atoms with E-state index in [2.05, 4.69) is 22.2 Å². The van der Waals surface area contributed by atoms with Crippen LogP contribution in [0.25, 0.3) is 0 Å². The number of rotatable bonds is 6. The van der Waals surface area contributed by atoms with E-state index in [9.17, 15) is 9.59 Å². The van der Waals surface area contributed by atoms with Crippen LogP contribution in [0.2, 0.25) is 0 Å². The molecular weight excluding hydrogens is 326 g/mol. The summed E-state index contributed by atoms with van der Waals surface area (Å²) < 4.78 is 0. The topological polar surface area (TPSA) is 91.6 Å². The van der Waals surface area contributed by atoms with Crippen molar-refractivity contribution in [3.05, 3.63) is 16.6 Å². The zero-order valence-electron chi connectivity index (χ0n) is 14.0. The number of amides is 3. The molecule has 3 N–H and O–H groups in total. The number of nitrogens with two attached hydrogens (primary N) is 1. The summed E-state index contributed by atoms with van der Waals surface area (Å²) in [5.41, 5.74) is 5.39. The molecule has 24 heavy (non-hydrogen) atoms. The van der Waals surface area contributed by atoms with Crippen LogP contribution in [0.4, 0.5) is 4.79 Å². The van der Waals surface area contributed by atoms with Gasteiger partial charge in [0, 0.05) is 43.7 Å². The molecule has 1 unspecified atom stereocenters. The fourth-order valence-corrected chi connectivity index (χ4v) is 4.47. The number of nitrogens with zero attached hydrogens (tertiary/aromatic N) is 3. The highest BCUT2D eigenvalue weighted by molar-refractivity contribution is 7.09. The highest BCUT2D eigenvalue weighted by Crippen LogP contribution is 2.56. The average molecular weight is 351 g/mol. The Labute approximate surface area is 146 Å². The lowest BCUT2D eigenvalue weighted by Gasteiger charge is -2.34. The van der Waals surface area contributed by atoms with Crippen molar-refractivity contribution in [1.82, 2.24) is 20.1 Å². The van der Waals surface area contributed by atoms with Gasteiger partial charge in [0.15, 0.2) is 0 Å². The third kappa shape index (κ3) is 3.87. The van der Waals surface area contributed by atoms with Crippen molar-refractivity contribution in [3.8, 4) is 0 Å². The molecule has 0 aromatic carbocycles. The molecule has 1 saturated carbocycles. The van der Waals surface area contributed by atoms with Gasteiger partial charge < -0.3 is 16.0 Å². The maximum atomic E-state index is 12.2. The highest BCUT2D eigenvalue weighted by atomic mass is 32.1. The van der Waals surface area contributed by atoms with Crippen LogP contribution in [-0.4, -0.2) is 59.4 Å². The highest BCUT2D eigenvalue weighted by Gasteiger charge is 2.56. The molecule has 2 aliphatic rings. The van der Waals surface area contributed by atoms with Crippen LogP contribution in [0.3, 0.4) is 0 Å². The van der Waals surface area contributed by atoms with Gasteiger partial charge in [-0.1, -0.05) is 0 Å². The first-order chi connectivity index (χ1) is 11.5. The third-order valence-electron chi connectivity index (χ3n) is 5.30. The fraction of sp³-hybridized carbons (Fsp3) is 0.688. The smallest absolute Gasteiger partial charge is 0.312 e. The van der Waals surface area contributed by atoms with Crippen molar-refractivity contribution < 1.29 is 9.59 Å². The number of hydrogen-bond acceptors (Lipinski definition) is 5. The zero-order chi connectivity index (χ0) is 17.2. The molecule has 0 radical (unpaired) electrons. The van der Waals surface area contributed by atoms with Crippen LogP contribution in [0.1, 0.15) is 30.7 Å². The Hall–Kier alpha value is -1.67. The maximum Gasteiger partial charge on any atom is 0.312 e. The predicted octanol–water partition coefficient (Wildman–Crippen LogP) is 1.01. The zero-order valence-corrected chi connectivity index (χ0v) is 14.8. The molecule has 1 aromatic heterocycles. The quantitative estimate of drug-likeness (QED) is 0.800. The second-order valence-electron chi connectivity index (χ2n) is 6.85. The van der Waals surface area contributed by atoms with Crippen LogP contribution in [0.5, 0.6) is 0 Å². The van der Waals surface area contributed by atoms with E-state index in [4.69, 9.17) is 5.73 Å². The number of hydrogen-bond donors (Lipinski definition) is 2. The normalized spacial score (nSPS) is 21.9. The lowest BCUT2D eigenvalue weighted by Crippen LogP contribution is -2.42. The van der Waals surface area contributed by atoms with Gasteiger partial charge in [0.25, 0.3) is 0 Å². The minimum Gasteiger partial charge on any atom is -0.352 e. The summed E-state index contributed by atoms with van der Waals surface area (Å²) >= 11 is 1.70. The van der Waals surface area contributed by atoms with E-state index >= 15 is 0 Å². The van der Waals surface area contributed by atoms with E-state index in [1.165, 1.54) is 6.42 Å². The van der Waals surface area contributed by atoms with Gasteiger partial charge in [-0.25, -0.2) is 9.78 Å². The standard InChI is InChI=1S/C16H25N5O2S/c1-20(11-13-18-6-9-24-13)12-10-16(12)3-7-21(8-4-16)14(22)2-5-19-15(17)23/h6,9,12H,2-5,7-8,10-11H2,1H3,(H3,17,19,23). The Morgan fingerprint density at radius 2 is 2.25 bits per heavy atom. The molecule has 3 amide bonds. The molecule has 2 heterocycles. The Kier molecular flexibility index (Phi) is 5.05. The minimum absolute atomic E-state index is 0.104. The first-order valence-electron chi connectivity index (χ1n) is 8.40. The molecule has 1 spiro atoms. The molecule has 0 bridgehead atoms. The van der Waals surface area contributed by atoms with Crippen LogP contribution in [-0.2, 0) is 11.3 Å². The van der Waals surface area contributed by atoms with Gasteiger partial charge in [0.1, 0.15) is 5.01 Å². The van der Waals surface area contributed by atoms with Crippen molar-refractivity contribution in [2.75, 3.05) is 26.7 Å². The van der Waals surface area contributed by atoms with E-state index in [0.717, 1.165) is 37.5 Å². The molecule has 2 fully saturated rings. The fourth-order valence-electron chi connectivity index (χ4n) is 3.79. The first kappa shape index (κ1) is 17.2. The van der Waals surface area contributed by atoms with Gasteiger partial charge in [-0.05, 0) is 31.7 Å². The third-order valence-corrected chi connectivity index (χ3v) is 6.06. The second-order valence-corrected chi connectivity index (χ2v) is 7.82. The molecule has 1 atom stereocenters. The number of piperidine rings is 1. The number of urea groups is 1. The van der Waals surface area contributed by atoms with Crippen LogP contribution >= 0.6 is 11.3 Å². The SMILES string of the molecule is CN(Cc1nccs1)C1CC12CCN(C(=O)CCNC(N)=O)CC2. The lowest BCUT2D eigenvalue weighted by molar-refractivity contribution is -0.132. The van der Waals surface area contributed by atoms with Crippen LogP contribution in [0.15, 0.2) is 11.6 Å². The molecule has 8 heteroatoms. The van der Waals surface area contributed by atoms with Crippen molar-refractivity contribution >= 4 is 23.3 Å². The molecule has 3 rings (SSSR count). The molecular formula is C16H25N5O2S. The Morgan fingerprint density at radius 3 is 2.88 bits per heavy atom. The number of aromatic nitrogens is 1. The van der Waals surface area contributed by atoms with Crippen molar-refractivity contribution in [1.29, 1.82) is 0 Å². The summed E-state index contributed by atoms with van der Waals surface area (Å²) in [6.07, 6.45) is 5.53. The number of likely N-dealkylation sites (tertiary alicyclic amines) is 1.